The highest BCUT2D eigenvalue weighted by Crippen LogP contribution is 2.74. The molecular formula is C30H48O7. The van der Waals surface area contributed by atoms with Crippen LogP contribution in [0.5, 0.6) is 0 Å². The van der Waals surface area contributed by atoms with E-state index < -0.39 is 68.8 Å². The lowest BCUT2D eigenvalue weighted by molar-refractivity contribution is -0.185. The van der Waals surface area contributed by atoms with Gasteiger partial charge < -0.3 is 25.5 Å². The summed E-state index contributed by atoms with van der Waals surface area (Å²) in [4.78, 5) is 27.3. The van der Waals surface area contributed by atoms with E-state index in [0.717, 1.165) is 5.57 Å². The topological polar surface area (TPSA) is 135 Å². The van der Waals surface area contributed by atoms with E-state index in [4.69, 9.17) is 0 Å². The smallest absolute Gasteiger partial charge is 0.164 e. The van der Waals surface area contributed by atoms with Crippen molar-refractivity contribution in [2.75, 3.05) is 0 Å². The van der Waals surface area contributed by atoms with Crippen LogP contribution in [-0.2, 0) is 9.59 Å². The third-order valence-corrected chi connectivity index (χ3v) is 11.7. The first-order chi connectivity index (χ1) is 16.6. The number of allylic oxidation sites excluding steroid dienone is 1. The molecule has 3 saturated carbocycles. The van der Waals surface area contributed by atoms with Crippen LogP contribution in [0.2, 0.25) is 0 Å². The van der Waals surface area contributed by atoms with Crippen molar-refractivity contribution in [3.63, 3.8) is 0 Å². The van der Waals surface area contributed by atoms with Gasteiger partial charge in [-0.25, -0.2) is 0 Å². The van der Waals surface area contributed by atoms with Gasteiger partial charge in [0, 0.05) is 23.7 Å². The fraction of sp³-hybridized carbons (Fsp3) is 0.867. The highest BCUT2D eigenvalue weighted by atomic mass is 16.3. The number of fused-ring (bicyclic) bond motifs is 5. The zero-order valence-electron chi connectivity index (χ0n) is 23.8. The number of aliphatic hydroxyl groups excluding tert-OH is 3. The van der Waals surface area contributed by atoms with Crippen molar-refractivity contribution in [3.05, 3.63) is 11.6 Å². The van der Waals surface area contributed by atoms with Gasteiger partial charge in [0.15, 0.2) is 11.6 Å². The van der Waals surface area contributed by atoms with E-state index in [1.807, 2.05) is 27.7 Å². The van der Waals surface area contributed by atoms with E-state index >= 15 is 0 Å². The second-order valence-corrected chi connectivity index (χ2v) is 14.9. The van der Waals surface area contributed by atoms with Gasteiger partial charge in [0.25, 0.3) is 0 Å². The summed E-state index contributed by atoms with van der Waals surface area (Å²) in [5.74, 6) is -1.72. The lowest BCUT2D eigenvalue weighted by atomic mass is 9.38. The maximum absolute atomic E-state index is 14.0. The van der Waals surface area contributed by atoms with Crippen molar-refractivity contribution in [1.29, 1.82) is 0 Å². The molecule has 4 aliphatic carbocycles. The van der Waals surface area contributed by atoms with Crippen LogP contribution in [0.4, 0.5) is 0 Å². The lowest BCUT2D eigenvalue weighted by Crippen LogP contribution is -2.64. The Morgan fingerprint density at radius 1 is 0.973 bits per heavy atom. The van der Waals surface area contributed by atoms with Gasteiger partial charge in [-0.05, 0) is 81.1 Å². The standard InChI is InChI=1S/C30H48O7/c1-25(2,36)10-9-21(34)30(8,37)23-20(33)15-29(7)22-18(31)13-16-17(14-19(32)24(35)26(16,3)4)27(22,5)11-12-28(23,29)6/h13,17,19-20,22-24,32-33,35-37H,9-12,14-15H2,1-8H3/t17-,19?,20?,22+,23-,24?,27?,28+,29-,30-/m0/s1. The van der Waals surface area contributed by atoms with Crippen LogP contribution in [0.1, 0.15) is 93.9 Å². The first kappa shape index (κ1) is 28.9. The summed E-state index contributed by atoms with van der Waals surface area (Å²) in [6, 6.07) is 0. The summed E-state index contributed by atoms with van der Waals surface area (Å²) in [5, 5.41) is 54.8. The van der Waals surface area contributed by atoms with Gasteiger partial charge in [-0.3, -0.25) is 9.59 Å². The first-order valence-electron chi connectivity index (χ1n) is 13.9. The SMILES string of the molecule is CC(C)(O)CCC(=O)[C@](C)(O)[C@H]1C(O)C[C@@]2(C)[C@@H]3C(=O)C=C4[C@H](CC(O)C(O)C4(C)C)C3(C)CC[C@]12C. The maximum atomic E-state index is 14.0. The Morgan fingerprint density at radius 2 is 1.57 bits per heavy atom. The van der Waals surface area contributed by atoms with E-state index in [1.54, 1.807) is 19.9 Å². The Labute approximate surface area is 221 Å². The number of hydrogen-bond donors (Lipinski definition) is 5. The zero-order chi connectivity index (χ0) is 28.1. The van der Waals surface area contributed by atoms with E-state index in [9.17, 15) is 35.1 Å². The molecule has 0 radical (unpaired) electrons. The Morgan fingerprint density at radius 3 is 2.14 bits per heavy atom. The molecule has 7 heteroatoms. The van der Waals surface area contributed by atoms with Crippen molar-refractivity contribution in [3.8, 4) is 0 Å². The van der Waals surface area contributed by atoms with Crippen LogP contribution in [0.3, 0.4) is 0 Å². The van der Waals surface area contributed by atoms with Gasteiger partial charge >= 0.3 is 0 Å². The van der Waals surface area contributed by atoms with Gasteiger partial charge in [0.05, 0.1) is 23.9 Å². The highest BCUT2D eigenvalue weighted by Gasteiger charge is 2.74. The van der Waals surface area contributed by atoms with Gasteiger partial charge in [-0.15, -0.1) is 0 Å². The van der Waals surface area contributed by atoms with Crippen molar-refractivity contribution in [2.24, 2.45) is 39.4 Å². The molecule has 4 aliphatic rings. The first-order valence-corrected chi connectivity index (χ1v) is 13.9. The highest BCUT2D eigenvalue weighted by molar-refractivity contribution is 5.95. The number of rotatable bonds is 5. The number of ketones is 2. The van der Waals surface area contributed by atoms with E-state index in [0.29, 0.717) is 25.7 Å². The Kier molecular flexibility index (Phi) is 6.59. The minimum Gasteiger partial charge on any atom is -0.393 e. The molecule has 0 heterocycles. The molecule has 0 aromatic carbocycles. The van der Waals surface area contributed by atoms with Gasteiger partial charge in [0.2, 0.25) is 0 Å². The molecule has 37 heavy (non-hydrogen) atoms. The monoisotopic (exact) mass is 520 g/mol. The van der Waals surface area contributed by atoms with Crippen LogP contribution >= 0.6 is 0 Å². The molecule has 5 N–H and O–H groups in total. The molecule has 0 aromatic rings. The number of aliphatic hydroxyl groups is 5. The molecule has 4 rings (SSSR count). The summed E-state index contributed by atoms with van der Waals surface area (Å²) >= 11 is 0. The van der Waals surface area contributed by atoms with Crippen molar-refractivity contribution in [2.45, 2.75) is 123 Å². The molecule has 0 aromatic heterocycles. The molecule has 7 nitrogen and oxygen atoms in total. The number of carbonyl (C=O) groups excluding carboxylic acids is 2. The quantitative estimate of drug-likeness (QED) is 0.376. The molecule has 210 valence electrons. The summed E-state index contributed by atoms with van der Waals surface area (Å²) in [6.07, 6.45) is 1.02. The summed E-state index contributed by atoms with van der Waals surface area (Å²) in [6.45, 7) is 14.7. The number of hydrogen-bond acceptors (Lipinski definition) is 7. The molecule has 4 unspecified atom stereocenters. The average Bonchev–Trinajstić information content (AvgIpc) is 2.96. The third kappa shape index (κ3) is 3.94. The molecule has 0 amide bonds. The molecule has 0 saturated heterocycles. The normalized spacial score (nSPS) is 46.8. The van der Waals surface area contributed by atoms with Crippen LogP contribution in [-0.4, -0.2) is 66.6 Å². The molecule has 3 fully saturated rings. The Hall–Kier alpha value is -1.12. The predicted molar refractivity (Wildman–Crippen MR) is 139 cm³/mol. The van der Waals surface area contributed by atoms with Crippen molar-refractivity contribution < 1.29 is 35.1 Å². The van der Waals surface area contributed by atoms with Crippen molar-refractivity contribution in [1.82, 2.24) is 0 Å². The van der Waals surface area contributed by atoms with Crippen molar-refractivity contribution >= 4 is 11.6 Å². The third-order valence-electron chi connectivity index (χ3n) is 11.7. The van der Waals surface area contributed by atoms with Crippen LogP contribution in [0.25, 0.3) is 0 Å². The Bertz CT molecular complexity index is 1010. The molecule has 0 spiro atoms. The predicted octanol–water partition coefficient (Wildman–Crippen LogP) is 2.94. The second-order valence-electron chi connectivity index (χ2n) is 14.9. The van der Waals surface area contributed by atoms with E-state index in [1.165, 1.54) is 6.92 Å². The average molecular weight is 521 g/mol. The van der Waals surface area contributed by atoms with E-state index in [-0.39, 0.29) is 24.5 Å². The molecule has 0 aliphatic heterocycles. The van der Waals surface area contributed by atoms with Gasteiger partial charge in [-0.2, -0.15) is 0 Å². The fourth-order valence-corrected chi connectivity index (χ4v) is 9.46. The minimum absolute atomic E-state index is 0.00391. The minimum atomic E-state index is -1.81. The summed E-state index contributed by atoms with van der Waals surface area (Å²) in [5.41, 5.74) is -4.55. The number of Topliss-reactive ketones (excluding diaryl/α,β-unsaturated/α-hetero) is 1. The van der Waals surface area contributed by atoms with Crippen LogP contribution in [0.15, 0.2) is 11.6 Å². The van der Waals surface area contributed by atoms with E-state index in [2.05, 4.69) is 6.92 Å². The second kappa shape index (κ2) is 8.44. The zero-order valence-corrected chi connectivity index (χ0v) is 23.8. The fourth-order valence-electron chi connectivity index (χ4n) is 9.46. The summed E-state index contributed by atoms with van der Waals surface area (Å²) < 4.78 is 0. The maximum Gasteiger partial charge on any atom is 0.164 e. The largest absolute Gasteiger partial charge is 0.393 e. The Balaban J connectivity index is 1.76. The molecular weight excluding hydrogens is 472 g/mol. The lowest BCUT2D eigenvalue weighted by Gasteiger charge is -2.65. The van der Waals surface area contributed by atoms with Crippen LogP contribution in [0, 0.1) is 39.4 Å². The van der Waals surface area contributed by atoms with Crippen LogP contribution < -0.4 is 0 Å². The number of carbonyl (C=O) groups is 2. The molecule has 10 atom stereocenters. The molecule has 0 bridgehead atoms. The summed E-state index contributed by atoms with van der Waals surface area (Å²) in [7, 11) is 0. The van der Waals surface area contributed by atoms with Gasteiger partial charge in [-0.1, -0.05) is 40.2 Å². The van der Waals surface area contributed by atoms with Gasteiger partial charge in [0.1, 0.15) is 5.60 Å².